The highest BCUT2D eigenvalue weighted by Crippen LogP contribution is 2.30. The molecule has 32 heavy (non-hydrogen) atoms. The minimum atomic E-state index is -0.857. The molecule has 0 saturated carbocycles. The van der Waals surface area contributed by atoms with Crippen molar-refractivity contribution in [2.45, 2.75) is 25.6 Å². The Labute approximate surface area is 185 Å². The first-order valence-corrected chi connectivity index (χ1v) is 10.2. The average molecular weight is 436 g/mol. The number of benzene rings is 2. The fourth-order valence-corrected chi connectivity index (χ4v) is 3.66. The number of nitrogens with zero attached hydrogens (tertiary/aromatic N) is 3. The van der Waals surface area contributed by atoms with Crippen molar-refractivity contribution < 1.29 is 23.7 Å². The van der Waals surface area contributed by atoms with E-state index in [-0.39, 0.29) is 25.0 Å². The number of aryl methyl sites for hydroxylation is 1. The maximum Gasteiger partial charge on any atom is 0.252 e. The van der Waals surface area contributed by atoms with Crippen molar-refractivity contribution in [2.75, 3.05) is 20.8 Å². The molecule has 1 aliphatic rings. The molecule has 4 rings (SSSR count). The van der Waals surface area contributed by atoms with Crippen molar-refractivity contribution >= 4 is 11.8 Å². The standard InChI is InChI=1S/C23H24N4O5/c1-14-4-6-16(7-5-14)21-22(31-13-19(28)27(21)2)23(29)24-12-18-20(26-32-25-18)15-8-10-17(30-3)11-9-15/h4-11,21-22H,12-13H2,1-3H3,(H,24,29). The molecule has 0 spiro atoms. The summed E-state index contributed by atoms with van der Waals surface area (Å²) in [5.41, 5.74) is 3.71. The third kappa shape index (κ3) is 4.33. The summed E-state index contributed by atoms with van der Waals surface area (Å²) < 4.78 is 15.7. The molecule has 2 unspecified atom stereocenters. The number of likely N-dealkylation sites (N-methyl/N-ethyl adjacent to an activating group) is 1. The fourth-order valence-electron chi connectivity index (χ4n) is 3.66. The third-order valence-corrected chi connectivity index (χ3v) is 5.51. The first-order chi connectivity index (χ1) is 15.5. The van der Waals surface area contributed by atoms with Gasteiger partial charge in [0.1, 0.15) is 23.7 Å². The van der Waals surface area contributed by atoms with Crippen LogP contribution in [0, 0.1) is 6.92 Å². The highest BCUT2D eigenvalue weighted by Gasteiger charge is 2.40. The minimum absolute atomic E-state index is 0.0990. The molecule has 0 radical (unpaired) electrons. The van der Waals surface area contributed by atoms with Gasteiger partial charge in [0, 0.05) is 12.6 Å². The molecule has 1 aromatic heterocycles. The van der Waals surface area contributed by atoms with Crippen LogP contribution < -0.4 is 10.1 Å². The van der Waals surface area contributed by atoms with Crippen LogP contribution in [0.4, 0.5) is 0 Å². The summed E-state index contributed by atoms with van der Waals surface area (Å²) in [6, 6.07) is 14.4. The molecule has 2 atom stereocenters. The molecule has 1 aliphatic heterocycles. The monoisotopic (exact) mass is 436 g/mol. The number of carbonyl (C=O) groups excluding carboxylic acids is 2. The molecule has 2 heterocycles. The number of amides is 2. The van der Waals surface area contributed by atoms with E-state index in [2.05, 4.69) is 15.6 Å². The SMILES string of the molecule is COc1ccc(-c2nonc2CNC(=O)C2OCC(=O)N(C)C2c2ccc(C)cc2)cc1. The number of hydrogen-bond donors (Lipinski definition) is 1. The summed E-state index contributed by atoms with van der Waals surface area (Å²) in [6.45, 7) is 1.92. The second-order valence-corrected chi connectivity index (χ2v) is 7.60. The van der Waals surface area contributed by atoms with Gasteiger partial charge in [-0.1, -0.05) is 35.0 Å². The Morgan fingerprint density at radius 3 is 2.56 bits per heavy atom. The van der Waals surface area contributed by atoms with Crippen molar-refractivity contribution in [2.24, 2.45) is 0 Å². The van der Waals surface area contributed by atoms with Crippen molar-refractivity contribution in [3.63, 3.8) is 0 Å². The van der Waals surface area contributed by atoms with E-state index in [1.165, 1.54) is 0 Å². The highest BCUT2D eigenvalue weighted by atomic mass is 16.6. The summed E-state index contributed by atoms with van der Waals surface area (Å²) >= 11 is 0. The third-order valence-electron chi connectivity index (χ3n) is 5.51. The number of aromatic nitrogens is 2. The maximum absolute atomic E-state index is 13.1. The second-order valence-electron chi connectivity index (χ2n) is 7.60. The minimum Gasteiger partial charge on any atom is -0.497 e. The average Bonchev–Trinajstić information content (AvgIpc) is 3.28. The van der Waals surface area contributed by atoms with E-state index in [0.29, 0.717) is 11.4 Å². The summed E-state index contributed by atoms with van der Waals surface area (Å²) in [4.78, 5) is 26.8. The largest absolute Gasteiger partial charge is 0.497 e. The van der Waals surface area contributed by atoms with Crippen molar-refractivity contribution in [1.82, 2.24) is 20.5 Å². The summed E-state index contributed by atoms with van der Waals surface area (Å²) in [5, 5.41) is 10.7. The van der Waals surface area contributed by atoms with Crippen LogP contribution in [0.2, 0.25) is 0 Å². The molecular weight excluding hydrogens is 412 g/mol. The summed E-state index contributed by atoms with van der Waals surface area (Å²) in [6.07, 6.45) is -0.857. The number of methoxy groups -OCH3 is 1. The van der Waals surface area contributed by atoms with Crippen molar-refractivity contribution in [3.05, 3.63) is 65.4 Å². The lowest BCUT2D eigenvalue weighted by Crippen LogP contribution is -2.52. The Hall–Kier alpha value is -3.72. The van der Waals surface area contributed by atoms with Gasteiger partial charge in [-0.25, -0.2) is 4.63 Å². The van der Waals surface area contributed by atoms with E-state index in [9.17, 15) is 9.59 Å². The van der Waals surface area contributed by atoms with Crippen LogP contribution in [0.15, 0.2) is 53.2 Å². The maximum atomic E-state index is 13.1. The second kappa shape index (κ2) is 9.19. The molecular formula is C23H24N4O5. The normalized spacial score (nSPS) is 18.5. The zero-order chi connectivity index (χ0) is 22.7. The number of hydrogen-bond acceptors (Lipinski definition) is 7. The lowest BCUT2D eigenvalue weighted by Gasteiger charge is -2.38. The Morgan fingerprint density at radius 2 is 1.88 bits per heavy atom. The van der Waals surface area contributed by atoms with Gasteiger partial charge < -0.3 is 19.7 Å². The summed E-state index contributed by atoms with van der Waals surface area (Å²) in [5.74, 6) is 0.191. The van der Waals surface area contributed by atoms with Gasteiger partial charge in [0.2, 0.25) is 5.91 Å². The molecule has 1 saturated heterocycles. The lowest BCUT2D eigenvalue weighted by molar-refractivity contribution is -0.162. The lowest BCUT2D eigenvalue weighted by atomic mass is 9.96. The van der Waals surface area contributed by atoms with E-state index >= 15 is 0 Å². The molecule has 1 N–H and O–H groups in total. The number of ether oxygens (including phenoxy) is 2. The van der Waals surface area contributed by atoms with Gasteiger partial charge in [0.25, 0.3) is 5.91 Å². The highest BCUT2D eigenvalue weighted by molar-refractivity contribution is 5.86. The van der Waals surface area contributed by atoms with Crippen LogP contribution in [0.5, 0.6) is 5.75 Å². The van der Waals surface area contributed by atoms with E-state index in [0.717, 1.165) is 22.4 Å². The van der Waals surface area contributed by atoms with E-state index in [1.54, 1.807) is 31.2 Å². The Bertz CT molecular complexity index is 1090. The molecule has 1 fully saturated rings. The smallest absolute Gasteiger partial charge is 0.252 e. The number of carbonyl (C=O) groups is 2. The molecule has 0 aliphatic carbocycles. The van der Waals surface area contributed by atoms with Crippen LogP contribution in [0.25, 0.3) is 11.3 Å². The van der Waals surface area contributed by atoms with Crippen LogP contribution in [0.1, 0.15) is 22.9 Å². The van der Waals surface area contributed by atoms with Gasteiger partial charge in [-0.3, -0.25) is 9.59 Å². The van der Waals surface area contributed by atoms with E-state index in [1.807, 2.05) is 43.3 Å². The molecule has 166 valence electrons. The fraction of sp³-hybridized carbons (Fsp3) is 0.304. The van der Waals surface area contributed by atoms with Crippen LogP contribution in [0.3, 0.4) is 0 Å². The molecule has 9 heteroatoms. The van der Waals surface area contributed by atoms with Crippen LogP contribution >= 0.6 is 0 Å². The first-order valence-electron chi connectivity index (χ1n) is 10.2. The van der Waals surface area contributed by atoms with Gasteiger partial charge in [0.05, 0.1) is 19.7 Å². The number of morpholine rings is 1. The van der Waals surface area contributed by atoms with Gasteiger partial charge in [-0.2, -0.15) is 0 Å². The van der Waals surface area contributed by atoms with Crippen LogP contribution in [-0.4, -0.2) is 53.9 Å². The van der Waals surface area contributed by atoms with Crippen LogP contribution in [-0.2, 0) is 20.9 Å². The first kappa shape index (κ1) is 21.5. The van der Waals surface area contributed by atoms with E-state index < -0.39 is 12.1 Å². The predicted molar refractivity (Wildman–Crippen MR) is 115 cm³/mol. The molecule has 9 nitrogen and oxygen atoms in total. The van der Waals surface area contributed by atoms with Crippen molar-refractivity contribution in [3.8, 4) is 17.0 Å². The number of nitrogens with one attached hydrogen (secondary N) is 1. The molecule has 2 aromatic carbocycles. The topological polar surface area (TPSA) is 107 Å². The van der Waals surface area contributed by atoms with Gasteiger partial charge in [-0.15, -0.1) is 0 Å². The number of rotatable bonds is 6. The molecule has 2 amide bonds. The molecule has 3 aromatic rings. The van der Waals surface area contributed by atoms with Gasteiger partial charge >= 0.3 is 0 Å². The zero-order valence-corrected chi connectivity index (χ0v) is 18.1. The Balaban J connectivity index is 1.50. The summed E-state index contributed by atoms with van der Waals surface area (Å²) in [7, 11) is 3.27. The predicted octanol–water partition coefficient (Wildman–Crippen LogP) is 2.27. The quantitative estimate of drug-likeness (QED) is 0.632. The zero-order valence-electron chi connectivity index (χ0n) is 18.1. The molecule has 0 bridgehead atoms. The van der Waals surface area contributed by atoms with E-state index in [4.69, 9.17) is 14.1 Å². The van der Waals surface area contributed by atoms with Gasteiger partial charge in [-0.05, 0) is 41.9 Å². The van der Waals surface area contributed by atoms with Crippen molar-refractivity contribution in [1.29, 1.82) is 0 Å². The Morgan fingerprint density at radius 1 is 1.16 bits per heavy atom. The Kier molecular flexibility index (Phi) is 6.18. The van der Waals surface area contributed by atoms with Gasteiger partial charge in [0.15, 0.2) is 6.10 Å².